The average Bonchev–Trinajstić information content (AvgIpc) is 2.90. The summed E-state index contributed by atoms with van der Waals surface area (Å²) in [4.78, 5) is 43.9. The van der Waals surface area contributed by atoms with E-state index in [0.29, 0.717) is 79.1 Å². The molecule has 0 aromatic rings. The molecule has 0 atom stereocenters. The van der Waals surface area contributed by atoms with Gasteiger partial charge in [0.05, 0.1) is 85.7 Å². The van der Waals surface area contributed by atoms with Gasteiger partial charge in [0.25, 0.3) is 0 Å². The van der Waals surface area contributed by atoms with Gasteiger partial charge in [-0.1, -0.05) is 19.8 Å². The Labute approximate surface area is 224 Å². The topological polar surface area (TPSA) is 162 Å². The fourth-order valence-electron chi connectivity index (χ4n) is 2.62. The number of ketones is 1. The largest absolute Gasteiger partial charge is 0.476 e. The Morgan fingerprint density at radius 3 is 1.16 bits per heavy atom. The lowest BCUT2D eigenvalue weighted by atomic mass is 10.2. The van der Waals surface area contributed by atoms with E-state index in [1.165, 1.54) is 0 Å². The third-order valence-electron chi connectivity index (χ3n) is 4.62. The molecule has 0 bridgehead atoms. The summed E-state index contributed by atoms with van der Waals surface area (Å²) in [6.45, 7) is 7.00. The van der Waals surface area contributed by atoms with Crippen molar-refractivity contribution in [3.63, 3.8) is 0 Å². The number of carboxylic acid groups (broad SMARTS) is 1. The Bertz CT molecular complexity index is 612. The van der Waals surface area contributed by atoms with Gasteiger partial charge >= 0.3 is 17.9 Å². The monoisotopic (exact) mass is 552 g/mol. The number of aliphatic carboxylic acids is 1. The number of rotatable bonds is 29. The van der Waals surface area contributed by atoms with Gasteiger partial charge in [0.2, 0.25) is 5.78 Å². The van der Waals surface area contributed by atoms with Crippen LogP contribution in [0, 0.1) is 0 Å². The molecule has 222 valence electrons. The molecule has 1 N–H and O–H groups in total. The van der Waals surface area contributed by atoms with Crippen LogP contribution in [0.4, 0.5) is 0 Å². The minimum Gasteiger partial charge on any atom is -0.476 e. The molecule has 0 aromatic heterocycles. The first-order chi connectivity index (χ1) is 18.5. The van der Waals surface area contributed by atoms with Crippen LogP contribution in [0.25, 0.3) is 0 Å². The first kappa shape index (κ1) is 35.8. The minimum absolute atomic E-state index is 0.0138. The first-order valence-corrected chi connectivity index (χ1v) is 13.0. The molecule has 0 saturated carbocycles. The van der Waals surface area contributed by atoms with E-state index in [1.807, 2.05) is 0 Å². The van der Waals surface area contributed by atoms with E-state index in [-0.39, 0.29) is 38.6 Å². The quantitative estimate of drug-likeness (QED) is 0.0800. The average molecular weight is 553 g/mol. The lowest BCUT2D eigenvalue weighted by molar-refractivity contribution is -0.151. The number of hydrogen-bond acceptors (Lipinski definition) is 12. The number of Topliss-reactive ketones (excluding diaryl/α,β-unsaturated/α-hetero) is 1. The predicted octanol–water partition coefficient (Wildman–Crippen LogP) is 1.19. The SMILES string of the molecule is CCCCCC(=O)OCCOCCOCCOCCOCCOCCOCCOC(=O)CCC(=O)C(=O)O. The zero-order valence-corrected chi connectivity index (χ0v) is 22.5. The normalized spacial score (nSPS) is 10.9. The van der Waals surface area contributed by atoms with Crippen molar-refractivity contribution < 1.29 is 62.2 Å². The zero-order chi connectivity index (χ0) is 28.1. The molecule has 0 saturated heterocycles. The third kappa shape index (κ3) is 26.9. The fraction of sp³-hybridized carbons (Fsp3) is 0.840. The Morgan fingerprint density at radius 1 is 0.474 bits per heavy atom. The molecule has 0 fully saturated rings. The minimum atomic E-state index is -1.56. The number of esters is 2. The van der Waals surface area contributed by atoms with Gasteiger partial charge in [0, 0.05) is 12.8 Å². The first-order valence-electron chi connectivity index (χ1n) is 13.0. The van der Waals surface area contributed by atoms with Crippen LogP contribution < -0.4 is 0 Å². The van der Waals surface area contributed by atoms with Gasteiger partial charge < -0.3 is 43.0 Å². The van der Waals surface area contributed by atoms with Gasteiger partial charge in [-0.3, -0.25) is 14.4 Å². The Hall–Kier alpha value is -2.16. The summed E-state index contributed by atoms with van der Waals surface area (Å²) < 4.78 is 42.0. The highest BCUT2D eigenvalue weighted by Gasteiger charge is 2.14. The van der Waals surface area contributed by atoms with E-state index in [4.69, 9.17) is 43.0 Å². The number of carbonyl (C=O) groups is 4. The summed E-state index contributed by atoms with van der Waals surface area (Å²) in [7, 11) is 0. The van der Waals surface area contributed by atoms with E-state index in [0.717, 1.165) is 19.3 Å². The molecule has 13 heteroatoms. The van der Waals surface area contributed by atoms with Gasteiger partial charge in [-0.2, -0.15) is 0 Å². The zero-order valence-electron chi connectivity index (χ0n) is 22.5. The van der Waals surface area contributed by atoms with E-state index >= 15 is 0 Å². The van der Waals surface area contributed by atoms with Crippen molar-refractivity contribution in [2.24, 2.45) is 0 Å². The molecule has 38 heavy (non-hydrogen) atoms. The summed E-state index contributed by atoms with van der Waals surface area (Å²) in [5, 5.41) is 8.42. The molecule has 0 radical (unpaired) electrons. The molecular weight excluding hydrogens is 508 g/mol. The molecule has 0 unspecified atom stereocenters. The number of hydrogen-bond donors (Lipinski definition) is 1. The van der Waals surface area contributed by atoms with Crippen molar-refractivity contribution in [3.05, 3.63) is 0 Å². The van der Waals surface area contributed by atoms with Crippen molar-refractivity contribution in [2.75, 3.05) is 92.5 Å². The number of ether oxygens (including phenoxy) is 8. The van der Waals surface area contributed by atoms with Crippen molar-refractivity contribution >= 4 is 23.7 Å². The molecule has 0 rings (SSSR count). The maximum absolute atomic E-state index is 11.4. The summed E-state index contributed by atoms with van der Waals surface area (Å²) in [5.74, 6) is -3.42. The van der Waals surface area contributed by atoms with E-state index in [2.05, 4.69) is 6.92 Å². The Balaban J connectivity index is 3.19. The summed E-state index contributed by atoms with van der Waals surface area (Å²) in [6.07, 6.45) is 2.77. The lowest BCUT2D eigenvalue weighted by Crippen LogP contribution is -2.17. The maximum atomic E-state index is 11.4. The second-order valence-electron chi connectivity index (χ2n) is 7.80. The Kier molecular flexibility index (Phi) is 26.3. The third-order valence-corrected chi connectivity index (χ3v) is 4.62. The molecule has 0 aliphatic carbocycles. The molecule has 0 heterocycles. The molecule has 0 aliphatic heterocycles. The number of carboxylic acids is 1. The Morgan fingerprint density at radius 2 is 0.816 bits per heavy atom. The second kappa shape index (κ2) is 27.9. The van der Waals surface area contributed by atoms with Gasteiger partial charge in [0.15, 0.2) is 0 Å². The maximum Gasteiger partial charge on any atom is 0.372 e. The van der Waals surface area contributed by atoms with Crippen molar-refractivity contribution in [1.82, 2.24) is 0 Å². The van der Waals surface area contributed by atoms with E-state index in [9.17, 15) is 19.2 Å². The van der Waals surface area contributed by atoms with Gasteiger partial charge in [-0.05, 0) is 6.42 Å². The van der Waals surface area contributed by atoms with Crippen LogP contribution >= 0.6 is 0 Å². The fourth-order valence-corrected chi connectivity index (χ4v) is 2.62. The van der Waals surface area contributed by atoms with Crippen LogP contribution in [0.15, 0.2) is 0 Å². The molecule has 0 aromatic carbocycles. The summed E-state index contributed by atoms with van der Waals surface area (Å²) in [6, 6.07) is 0. The molecular formula is C25H44O13. The highest BCUT2D eigenvalue weighted by molar-refractivity contribution is 6.32. The number of unbranched alkanes of at least 4 members (excludes halogenated alkanes) is 2. The molecule has 0 spiro atoms. The highest BCUT2D eigenvalue weighted by atomic mass is 16.6. The summed E-state index contributed by atoms with van der Waals surface area (Å²) in [5.41, 5.74) is 0. The van der Waals surface area contributed by atoms with Crippen LogP contribution in [0.2, 0.25) is 0 Å². The molecule has 0 amide bonds. The van der Waals surface area contributed by atoms with Crippen molar-refractivity contribution in [1.29, 1.82) is 0 Å². The van der Waals surface area contributed by atoms with Gasteiger partial charge in [-0.15, -0.1) is 0 Å². The second-order valence-corrected chi connectivity index (χ2v) is 7.80. The van der Waals surface area contributed by atoms with E-state index < -0.39 is 17.7 Å². The predicted molar refractivity (Wildman–Crippen MR) is 133 cm³/mol. The van der Waals surface area contributed by atoms with Crippen LogP contribution in [0.3, 0.4) is 0 Å². The standard InChI is InChI=1S/C25H44O13/c1-2-3-4-5-23(27)37-20-18-35-16-14-33-12-10-31-8-9-32-11-13-34-15-17-36-19-21-38-24(28)7-6-22(26)25(29)30/h2-21H2,1H3,(H,29,30). The van der Waals surface area contributed by atoms with Crippen LogP contribution in [0.1, 0.15) is 45.4 Å². The smallest absolute Gasteiger partial charge is 0.372 e. The van der Waals surface area contributed by atoms with E-state index in [1.54, 1.807) is 0 Å². The number of carbonyl (C=O) groups excluding carboxylic acids is 3. The van der Waals surface area contributed by atoms with Crippen molar-refractivity contribution in [2.45, 2.75) is 45.4 Å². The highest BCUT2D eigenvalue weighted by Crippen LogP contribution is 2.00. The summed E-state index contributed by atoms with van der Waals surface area (Å²) >= 11 is 0. The van der Waals surface area contributed by atoms with Crippen LogP contribution in [-0.4, -0.2) is 121 Å². The van der Waals surface area contributed by atoms with Gasteiger partial charge in [0.1, 0.15) is 13.2 Å². The van der Waals surface area contributed by atoms with Gasteiger partial charge in [-0.25, -0.2) is 4.79 Å². The van der Waals surface area contributed by atoms with Crippen LogP contribution in [0.5, 0.6) is 0 Å². The van der Waals surface area contributed by atoms with Crippen LogP contribution in [-0.2, 0) is 57.1 Å². The lowest BCUT2D eigenvalue weighted by Gasteiger charge is -2.08. The molecule has 13 nitrogen and oxygen atoms in total. The van der Waals surface area contributed by atoms with Crippen molar-refractivity contribution in [3.8, 4) is 0 Å². The molecule has 0 aliphatic rings.